The van der Waals surface area contributed by atoms with Crippen LogP contribution in [0.15, 0.2) is 24.3 Å². The third-order valence-electron chi connectivity index (χ3n) is 6.73. The first-order valence-electron chi connectivity index (χ1n) is 10.9. The highest BCUT2D eigenvalue weighted by Gasteiger charge is 2.52. The predicted molar refractivity (Wildman–Crippen MR) is 110 cm³/mol. The Morgan fingerprint density at radius 3 is 2.28 bits per heavy atom. The van der Waals surface area contributed by atoms with Crippen molar-refractivity contribution in [2.45, 2.75) is 38.3 Å². The lowest BCUT2D eigenvalue weighted by Crippen LogP contribution is -2.52. The van der Waals surface area contributed by atoms with Crippen molar-refractivity contribution < 1.29 is 27.6 Å². The van der Waals surface area contributed by atoms with Crippen LogP contribution in [-0.4, -0.2) is 71.8 Å². The molecule has 0 atom stereocenters. The van der Waals surface area contributed by atoms with Crippen LogP contribution in [0, 0.1) is 5.41 Å². The van der Waals surface area contributed by atoms with E-state index in [1.165, 1.54) is 23.1 Å². The van der Waals surface area contributed by atoms with Crippen molar-refractivity contribution in [1.82, 2.24) is 14.7 Å². The summed E-state index contributed by atoms with van der Waals surface area (Å²) < 4.78 is 39.3. The molecule has 4 rings (SSSR count). The monoisotopic (exact) mass is 452 g/mol. The molecule has 10 heteroatoms. The van der Waals surface area contributed by atoms with Gasteiger partial charge in [-0.05, 0) is 25.0 Å². The highest BCUT2D eigenvalue weighted by atomic mass is 19.4. The Hall–Kier alpha value is -2.46. The number of piperazine rings is 1. The fourth-order valence-corrected chi connectivity index (χ4v) is 4.97. The van der Waals surface area contributed by atoms with Gasteiger partial charge in [-0.2, -0.15) is 13.2 Å². The molecule has 0 aromatic heterocycles. The number of hydrogen-bond donors (Lipinski definition) is 1. The molecule has 1 aromatic rings. The van der Waals surface area contributed by atoms with E-state index in [9.17, 15) is 27.6 Å². The zero-order valence-electron chi connectivity index (χ0n) is 17.8. The maximum atomic E-state index is 13.1. The van der Waals surface area contributed by atoms with Gasteiger partial charge >= 0.3 is 6.18 Å². The van der Waals surface area contributed by atoms with E-state index in [1.807, 2.05) is 9.80 Å². The van der Waals surface area contributed by atoms with Crippen molar-refractivity contribution in [2.75, 3.05) is 44.7 Å². The lowest BCUT2D eigenvalue weighted by atomic mass is 9.85. The average molecular weight is 452 g/mol. The molecule has 1 aliphatic carbocycles. The lowest BCUT2D eigenvalue weighted by Gasteiger charge is -2.36. The highest BCUT2D eigenvalue weighted by Crippen LogP contribution is 2.46. The molecule has 0 bridgehead atoms. The number of alkyl halides is 3. The van der Waals surface area contributed by atoms with Crippen LogP contribution in [0.1, 0.15) is 37.7 Å². The highest BCUT2D eigenvalue weighted by molar-refractivity contribution is 6.06. The molecule has 7 nitrogen and oxygen atoms in total. The first-order chi connectivity index (χ1) is 15.2. The number of benzene rings is 1. The zero-order chi connectivity index (χ0) is 22.9. The van der Waals surface area contributed by atoms with Crippen LogP contribution >= 0.6 is 0 Å². The Bertz CT molecular complexity index is 891. The number of nitrogens with one attached hydrogen (secondary N) is 1. The van der Waals surface area contributed by atoms with E-state index in [-0.39, 0.29) is 30.7 Å². The minimum absolute atomic E-state index is 0.0231. The van der Waals surface area contributed by atoms with Gasteiger partial charge in [0.15, 0.2) is 0 Å². The summed E-state index contributed by atoms with van der Waals surface area (Å²) >= 11 is 0. The van der Waals surface area contributed by atoms with Gasteiger partial charge in [0.05, 0.1) is 29.9 Å². The quantitative estimate of drug-likeness (QED) is 0.696. The third-order valence-corrected chi connectivity index (χ3v) is 6.73. The van der Waals surface area contributed by atoms with Gasteiger partial charge in [0.1, 0.15) is 0 Å². The molecule has 1 saturated carbocycles. The molecule has 32 heavy (non-hydrogen) atoms. The predicted octanol–water partition coefficient (Wildman–Crippen LogP) is 2.54. The summed E-state index contributed by atoms with van der Waals surface area (Å²) in [6.45, 7) is 2.42. The molecule has 1 aromatic carbocycles. The zero-order valence-corrected chi connectivity index (χ0v) is 17.8. The molecule has 0 unspecified atom stereocenters. The summed E-state index contributed by atoms with van der Waals surface area (Å²) in [5.41, 5.74) is -1.61. The van der Waals surface area contributed by atoms with E-state index >= 15 is 0 Å². The second-order valence-electron chi connectivity index (χ2n) is 8.92. The van der Waals surface area contributed by atoms with Crippen molar-refractivity contribution in [3.63, 3.8) is 0 Å². The number of carbonyl (C=O) groups is 3. The van der Waals surface area contributed by atoms with Crippen LogP contribution in [-0.2, 0) is 20.6 Å². The van der Waals surface area contributed by atoms with Crippen molar-refractivity contribution in [3.8, 4) is 0 Å². The molecular weight excluding hydrogens is 425 g/mol. The topological polar surface area (TPSA) is 73.0 Å². The van der Waals surface area contributed by atoms with E-state index in [0.717, 1.165) is 31.7 Å². The van der Waals surface area contributed by atoms with E-state index in [0.29, 0.717) is 32.6 Å². The van der Waals surface area contributed by atoms with E-state index in [2.05, 4.69) is 5.32 Å². The van der Waals surface area contributed by atoms with Gasteiger partial charge in [0.25, 0.3) is 0 Å². The number of likely N-dealkylation sites (tertiary alicyclic amines) is 1. The molecule has 1 N–H and O–H groups in total. The number of nitrogens with zero attached hydrogens (tertiary/aromatic N) is 3. The van der Waals surface area contributed by atoms with Crippen molar-refractivity contribution in [1.29, 1.82) is 0 Å². The normalized spacial score (nSPS) is 22.2. The molecule has 2 saturated heterocycles. The summed E-state index contributed by atoms with van der Waals surface area (Å²) in [5, 5.41) is 2.36. The number of anilines is 1. The fourth-order valence-electron chi connectivity index (χ4n) is 4.97. The minimum atomic E-state index is -4.54. The number of rotatable bonds is 5. The van der Waals surface area contributed by atoms with Gasteiger partial charge in [-0.3, -0.25) is 29.1 Å². The second-order valence-corrected chi connectivity index (χ2v) is 8.92. The third kappa shape index (κ3) is 4.66. The first kappa shape index (κ1) is 22.7. The first-order valence-corrected chi connectivity index (χ1v) is 10.9. The van der Waals surface area contributed by atoms with Gasteiger partial charge in [0.2, 0.25) is 17.7 Å². The standard InChI is InChI=1S/C22H27F3N4O3/c23-22(24,25)16-5-1-2-6-17(16)26-18(30)14-27-9-11-28(12-10-27)15-29-19(31)13-21(20(29)32)7-3-4-8-21/h1-2,5-6H,3-4,7-15H2,(H,26,30). The van der Waals surface area contributed by atoms with Gasteiger partial charge in [-0.25, -0.2) is 0 Å². The molecule has 2 heterocycles. The van der Waals surface area contributed by atoms with Crippen LogP contribution in [0.4, 0.5) is 18.9 Å². The van der Waals surface area contributed by atoms with Crippen LogP contribution in [0.3, 0.4) is 0 Å². The van der Waals surface area contributed by atoms with Crippen molar-refractivity contribution in [2.24, 2.45) is 5.41 Å². The number of amides is 3. The second kappa shape index (κ2) is 8.82. The Labute approximate surface area is 184 Å². The number of hydrogen-bond acceptors (Lipinski definition) is 5. The van der Waals surface area contributed by atoms with E-state index in [1.54, 1.807) is 0 Å². The number of imide groups is 1. The maximum absolute atomic E-state index is 13.1. The number of carbonyl (C=O) groups excluding carboxylic acids is 3. The Morgan fingerprint density at radius 1 is 1.00 bits per heavy atom. The molecule has 0 radical (unpaired) electrons. The van der Waals surface area contributed by atoms with E-state index < -0.39 is 23.1 Å². The molecule has 3 fully saturated rings. The van der Waals surface area contributed by atoms with Crippen LogP contribution in [0.5, 0.6) is 0 Å². The van der Waals surface area contributed by atoms with Gasteiger partial charge in [-0.1, -0.05) is 25.0 Å². The number of halogens is 3. The Kier molecular flexibility index (Phi) is 6.26. The summed E-state index contributed by atoms with van der Waals surface area (Å²) in [5.74, 6) is -0.671. The SMILES string of the molecule is O=C(CN1CCN(CN2C(=O)CC3(CCCC3)C2=O)CC1)Nc1ccccc1C(F)(F)F. The van der Waals surface area contributed by atoms with Gasteiger partial charge in [-0.15, -0.1) is 0 Å². The summed E-state index contributed by atoms with van der Waals surface area (Å²) in [6.07, 6.45) is -0.687. The Balaban J connectivity index is 1.26. The molecule has 1 spiro atoms. The summed E-state index contributed by atoms with van der Waals surface area (Å²) in [7, 11) is 0. The molecule has 174 valence electrons. The molecule has 3 amide bonds. The number of para-hydroxylation sites is 1. The lowest BCUT2D eigenvalue weighted by molar-refractivity contribution is -0.144. The fraction of sp³-hybridized carbons (Fsp3) is 0.591. The maximum Gasteiger partial charge on any atom is 0.418 e. The van der Waals surface area contributed by atoms with E-state index in [4.69, 9.17) is 0 Å². The largest absolute Gasteiger partial charge is 0.418 e. The molecular formula is C22H27F3N4O3. The summed E-state index contributed by atoms with van der Waals surface area (Å²) in [6, 6.07) is 4.90. The van der Waals surface area contributed by atoms with Crippen molar-refractivity contribution in [3.05, 3.63) is 29.8 Å². The van der Waals surface area contributed by atoms with Crippen LogP contribution < -0.4 is 5.32 Å². The van der Waals surface area contributed by atoms with Gasteiger partial charge in [0, 0.05) is 32.6 Å². The Morgan fingerprint density at radius 2 is 1.62 bits per heavy atom. The molecule has 2 aliphatic heterocycles. The smallest absolute Gasteiger partial charge is 0.324 e. The molecule has 3 aliphatic rings. The average Bonchev–Trinajstić information content (AvgIpc) is 3.29. The summed E-state index contributed by atoms with van der Waals surface area (Å²) in [4.78, 5) is 42.8. The minimum Gasteiger partial charge on any atom is -0.324 e. The van der Waals surface area contributed by atoms with Crippen LogP contribution in [0.2, 0.25) is 0 Å². The van der Waals surface area contributed by atoms with Gasteiger partial charge < -0.3 is 5.32 Å². The van der Waals surface area contributed by atoms with Crippen LogP contribution in [0.25, 0.3) is 0 Å². The van der Waals surface area contributed by atoms with Crippen molar-refractivity contribution >= 4 is 23.4 Å².